The molecule has 0 fully saturated rings. The van der Waals surface area contributed by atoms with Gasteiger partial charge in [-0.1, -0.05) is 78.9 Å². The predicted molar refractivity (Wildman–Crippen MR) is 178 cm³/mol. The van der Waals surface area contributed by atoms with Gasteiger partial charge in [-0.3, -0.25) is 9.59 Å². The van der Waals surface area contributed by atoms with Gasteiger partial charge in [0.2, 0.25) is 0 Å². The summed E-state index contributed by atoms with van der Waals surface area (Å²) in [7, 11) is 0. The molecule has 0 aliphatic heterocycles. The van der Waals surface area contributed by atoms with E-state index in [0.29, 0.717) is 22.5 Å². The highest BCUT2D eigenvalue weighted by Gasteiger charge is 2.14. The monoisotopic (exact) mass is 585 g/mol. The van der Waals surface area contributed by atoms with Gasteiger partial charge in [0.05, 0.1) is 0 Å². The Morgan fingerprint density at radius 2 is 0.822 bits per heavy atom. The second-order valence-corrected chi connectivity index (χ2v) is 9.83. The van der Waals surface area contributed by atoms with Crippen LogP contribution in [0, 0.1) is 22.7 Å². The molecular weight excluding hydrogens is 558 g/mol. The number of nitriles is 2. The number of nitrogens with zero attached hydrogens (tertiary/aromatic N) is 3. The minimum atomic E-state index is -0.482. The zero-order valence-corrected chi connectivity index (χ0v) is 24.1. The highest BCUT2D eigenvalue weighted by molar-refractivity contribution is 6.10. The normalized spacial score (nSPS) is 11.1. The molecule has 0 bridgehead atoms. The maximum absolute atomic E-state index is 12.7. The number of rotatable bonds is 9. The van der Waals surface area contributed by atoms with E-state index in [2.05, 4.69) is 15.5 Å². The molecule has 0 aliphatic carbocycles. The molecule has 216 valence electrons. The van der Waals surface area contributed by atoms with E-state index in [1.165, 1.54) is 0 Å². The largest absolute Gasteiger partial charge is 0.321 e. The van der Waals surface area contributed by atoms with Crippen LogP contribution in [0.4, 0.5) is 28.4 Å². The van der Waals surface area contributed by atoms with Crippen molar-refractivity contribution in [3.8, 4) is 12.1 Å². The molecule has 2 amide bonds. The number of anilines is 5. The summed E-state index contributed by atoms with van der Waals surface area (Å²) >= 11 is 0. The predicted octanol–water partition coefficient (Wildman–Crippen LogP) is 8.25. The lowest BCUT2D eigenvalue weighted by molar-refractivity contribution is -0.113. The smallest absolute Gasteiger partial charge is 0.266 e. The molecule has 0 saturated heterocycles. The summed E-state index contributed by atoms with van der Waals surface area (Å²) in [4.78, 5) is 27.4. The highest BCUT2D eigenvalue weighted by atomic mass is 16.2. The molecule has 7 nitrogen and oxygen atoms in total. The maximum atomic E-state index is 12.7. The molecule has 0 saturated carbocycles. The Morgan fingerprint density at radius 3 is 1.18 bits per heavy atom. The van der Waals surface area contributed by atoms with Gasteiger partial charge in [-0.25, -0.2) is 0 Å². The van der Waals surface area contributed by atoms with E-state index in [1.54, 1.807) is 36.4 Å². The molecule has 0 aliphatic rings. The Bertz CT molecular complexity index is 1800. The van der Waals surface area contributed by atoms with Crippen molar-refractivity contribution in [1.82, 2.24) is 0 Å². The third-order valence-electron chi connectivity index (χ3n) is 6.73. The van der Waals surface area contributed by atoms with Crippen LogP contribution in [0.5, 0.6) is 0 Å². The van der Waals surface area contributed by atoms with Crippen molar-refractivity contribution in [2.75, 3.05) is 15.5 Å². The first kappa shape index (κ1) is 29.8. The number of para-hydroxylation sites is 3. The van der Waals surface area contributed by atoms with E-state index < -0.39 is 11.8 Å². The van der Waals surface area contributed by atoms with Crippen molar-refractivity contribution in [3.63, 3.8) is 0 Å². The van der Waals surface area contributed by atoms with Crippen molar-refractivity contribution < 1.29 is 9.59 Å². The topological polar surface area (TPSA) is 109 Å². The van der Waals surface area contributed by atoms with Crippen molar-refractivity contribution in [1.29, 1.82) is 10.5 Å². The van der Waals surface area contributed by atoms with Crippen molar-refractivity contribution in [2.24, 2.45) is 0 Å². The molecule has 5 rings (SSSR count). The molecule has 5 aromatic carbocycles. The van der Waals surface area contributed by atoms with E-state index in [-0.39, 0.29) is 11.1 Å². The number of carbonyl (C=O) groups excluding carboxylic acids is 2. The molecule has 0 radical (unpaired) electrons. The van der Waals surface area contributed by atoms with Gasteiger partial charge in [0, 0.05) is 28.4 Å². The van der Waals surface area contributed by atoms with Crippen LogP contribution >= 0.6 is 0 Å². The average Bonchev–Trinajstić information content (AvgIpc) is 3.09. The van der Waals surface area contributed by atoms with Gasteiger partial charge in [0.25, 0.3) is 11.8 Å². The quantitative estimate of drug-likeness (QED) is 0.134. The van der Waals surface area contributed by atoms with Gasteiger partial charge in [-0.2, -0.15) is 10.5 Å². The van der Waals surface area contributed by atoms with Crippen LogP contribution in [0.3, 0.4) is 0 Å². The first-order chi connectivity index (χ1) is 22.0. The van der Waals surface area contributed by atoms with Crippen LogP contribution in [0.15, 0.2) is 151 Å². The standard InChI is InChI=1S/C38H27N5O2/c39-26-30(37(44)41-32-10-4-1-5-11-32)24-28-16-20-35(21-17-28)43(34-14-8-3-9-15-34)36-22-18-29(19-23-36)25-31(27-40)38(45)42-33-12-6-2-7-13-33/h1-25H,(H,41,44)(H,42,45). The molecule has 0 heterocycles. The van der Waals surface area contributed by atoms with Crippen LogP contribution < -0.4 is 15.5 Å². The fourth-order valence-electron chi connectivity index (χ4n) is 4.53. The van der Waals surface area contributed by atoms with Gasteiger partial charge in [0.1, 0.15) is 23.3 Å². The van der Waals surface area contributed by atoms with Gasteiger partial charge < -0.3 is 15.5 Å². The van der Waals surface area contributed by atoms with E-state index >= 15 is 0 Å². The first-order valence-corrected chi connectivity index (χ1v) is 14.1. The van der Waals surface area contributed by atoms with Crippen LogP contribution in [-0.4, -0.2) is 11.8 Å². The fourth-order valence-corrected chi connectivity index (χ4v) is 4.53. The number of benzene rings is 5. The minimum absolute atomic E-state index is 0.00986. The summed E-state index contributed by atoms with van der Waals surface area (Å²) in [5.41, 5.74) is 5.23. The van der Waals surface area contributed by atoms with Crippen LogP contribution in [0.1, 0.15) is 11.1 Å². The zero-order valence-electron chi connectivity index (χ0n) is 24.1. The van der Waals surface area contributed by atoms with Crippen LogP contribution in [-0.2, 0) is 9.59 Å². The number of carbonyl (C=O) groups is 2. The van der Waals surface area contributed by atoms with Gasteiger partial charge in [-0.15, -0.1) is 0 Å². The lowest BCUT2D eigenvalue weighted by Gasteiger charge is -2.25. The van der Waals surface area contributed by atoms with Crippen molar-refractivity contribution in [3.05, 3.63) is 162 Å². The summed E-state index contributed by atoms with van der Waals surface area (Å²) < 4.78 is 0. The summed E-state index contributed by atoms with van der Waals surface area (Å²) in [6, 6.07) is 46.8. The van der Waals surface area contributed by atoms with E-state index in [0.717, 1.165) is 17.1 Å². The summed E-state index contributed by atoms with van der Waals surface area (Å²) in [6.45, 7) is 0. The molecule has 5 aromatic rings. The summed E-state index contributed by atoms with van der Waals surface area (Å²) in [5.74, 6) is -0.963. The van der Waals surface area contributed by atoms with Crippen molar-refractivity contribution >= 4 is 52.4 Å². The van der Waals surface area contributed by atoms with E-state index in [1.807, 2.05) is 127 Å². The van der Waals surface area contributed by atoms with Gasteiger partial charge in [0.15, 0.2) is 0 Å². The third kappa shape index (κ3) is 7.78. The van der Waals surface area contributed by atoms with Gasteiger partial charge >= 0.3 is 0 Å². The lowest BCUT2D eigenvalue weighted by atomic mass is 10.1. The Kier molecular flexibility index (Phi) is 9.57. The van der Waals surface area contributed by atoms with Crippen molar-refractivity contribution in [2.45, 2.75) is 0 Å². The number of nitrogens with one attached hydrogen (secondary N) is 2. The highest BCUT2D eigenvalue weighted by Crippen LogP contribution is 2.35. The third-order valence-corrected chi connectivity index (χ3v) is 6.73. The van der Waals surface area contributed by atoms with Crippen LogP contribution in [0.25, 0.3) is 12.2 Å². The zero-order chi connectivity index (χ0) is 31.4. The number of hydrogen-bond donors (Lipinski definition) is 2. The minimum Gasteiger partial charge on any atom is -0.321 e. The SMILES string of the molecule is N#CC(=Cc1ccc(N(c2ccccc2)c2ccc(C=C(C#N)C(=O)Nc3ccccc3)cc2)cc1)C(=O)Nc1ccccc1. The van der Waals surface area contributed by atoms with Crippen LogP contribution in [0.2, 0.25) is 0 Å². The molecule has 0 spiro atoms. The Hall–Kier alpha value is -6.70. The fraction of sp³-hybridized carbons (Fsp3) is 0. The molecule has 45 heavy (non-hydrogen) atoms. The molecule has 7 heteroatoms. The maximum Gasteiger partial charge on any atom is 0.266 e. The molecular formula is C38H27N5O2. The Labute approximate surface area is 261 Å². The second kappa shape index (κ2) is 14.5. The summed E-state index contributed by atoms with van der Waals surface area (Å²) in [5, 5.41) is 24.7. The Morgan fingerprint density at radius 1 is 0.489 bits per heavy atom. The Balaban J connectivity index is 1.38. The lowest BCUT2D eigenvalue weighted by Crippen LogP contribution is -2.13. The molecule has 0 unspecified atom stereocenters. The molecule has 0 atom stereocenters. The van der Waals surface area contributed by atoms with E-state index in [9.17, 15) is 20.1 Å². The van der Waals surface area contributed by atoms with E-state index in [4.69, 9.17) is 0 Å². The number of hydrogen-bond acceptors (Lipinski definition) is 5. The molecule has 2 N–H and O–H groups in total. The first-order valence-electron chi connectivity index (χ1n) is 14.1. The van der Waals surface area contributed by atoms with Gasteiger partial charge in [-0.05, 0) is 83.9 Å². The summed E-state index contributed by atoms with van der Waals surface area (Å²) in [6.07, 6.45) is 3.10. The second-order valence-electron chi connectivity index (χ2n) is 9.83. The average molecular weight is 586 g/mol. The molecule has 0 aromatic heterocycles. The number of amides is 2.